The lowest BCUT2D eigenvalue weighted by molar-refractivity contribution is -0.115. The third kappa shape index (κ3) is 4.84. The summed E-state index contributed by atoms with van der Waals surface area (Å²) >= 11 is 1.38. The first-order valence-electron chi connectivity index (χ1n) is 11.1. The zero-order valence-corrected chi connectivity index (χ0v) is 19.9. The zero-order valence-electron chi connectivity index (χ0n) is 19.1. The number of ether oxygens (including phenoxy) is 1. The Morgan fingerprint density at radius 3 is 2.55 bits per heavy atom. The molecule has 0 radical (unpaired) electrons. The second-order valence-electron chi connectivity index (χ2n) is 8.15. The molecule has 0 atom stereocenters. The molecule has 1 saturated carbocycles. The van der Waals surface area contributed by atoms with Crippen LogP contribution in [0.25, 0.3) is 11.1 Å². The molecule has 174 valence electrons. The van der Waals surface area contributed by atoms with E-state index in [1.54, 1.807) is 13.8 Å². The van der Waals surface area contributed by atoms with Gasteiger partial charge in [-0.15, -0.1) is 11.3 Å². The van der Waals surface area contributed by atoms with Gasteiger partial charge < -0.3 is 14.6 Å². The highest BCUT2D eigenvalue weighted by Gasteiger charge is 2.40. The van der Waals surface area contributed by atoms with Crippen molar-refractivity contribution in [3.8, 4) is 11.1 Å². The molecule has 1 aliphatic rings. The second kappa shape index (κ2) is 9.84. The van der Waals surface area contributed by atoms with Gasteiger partial charge in [-0.05, 0) is 32.3 Å². The summed E-state index contributed by atoms with van der Waals surface area (Å²) in [6, 6.07) is 9.66. The van der Waals surface area contributed by atoms with Crippen LogP contribution in [0.1, 0.15) is 59.6 Å². The lowest BCUT2D eigenvalue weighted by Crippen LogP contribution is -2.44. The maximum atomic E-state index is 13.0. The van der Waals surface area contributed by atoms with Gasteiger partial charge in [0.25, 0.3) is 0 Å². The van der Waals surface area contributed by atoms with Crippen LogP contribution in [0.15, 0.2) is 34.9 Å². The number of amides is 1. The number of carbonyl (C=O) groups excluding carboxylic acids is 2. The number of benzene rings is 1. The van der Waals surface area contributed by atoms with Gasteiger partial charge in [0.1, 0.15) is 10.6 Å². The molecule has 8 nitrogen and oxygen atoms in total. The third-order valence-electron chi connectivity index (χ3n) is 5.88. The summed E-state index contributed by atoms with van der Waals surface area (Å²) in [5.41, 5.74) is 1.62. The fourth-order valence-corrected chi connectivity index (χ4v) is 5.44. The Balaban J connectivity index is 1.56. The van der Waals surface area contributed by atoms with Crippen LogP contribution < -0.4 is 10.6 Å². The number of aromatic nitrogens is 2. The summed E-state index contributed by atoms with van der Waals surface area (Å²) in [6.45, 7) is 5.78. The Kier molecular flexibility index (Phi) is 6.90. The number of hydrogen-bond donors (Lipinski definition) is 2. The molecular weight excluding hydrogens is 440 g/mol. The number of nitrogens with zero attached hydrogens (tertiary/aromatic N) is 2. The van der Waals surface area contributed by atoms with Gasteiger partial charge in [0.15, 0.2) is 5.82 Å². The van der Waals surface area contributed by atoms with E-state index in [0.717, 1.165) is 41.7 Å². The standard InChI is InChI=1S/C24H28N4O4S/c1-4-31-22(30)20-19(17-10-6-5-7-11-17)15(2)33-21(20)27-18(29)14-25-24(12-8-9-13-24)23-26-16(3)32-28-23/h5-7,10-11,25H,4,8-9,12-14H2,1-3H3,(H,27,29). The van der Waals surface area contributed by atoms with Gasteiger partial charge in [0.05, 0.1) is 18.7 Å². The molecule has 2 N–H and O–H groups in total. The highest BCUT2D eigenvalue weighted by molar-refractivity contribution is 7.17. The molecule has 0 aliphatic heterocycles. The summed E-state index contributed by atoms with van der Waals surface area (Å²) in [5, 5.41) is 10.9. The maximum absolute atomic E-state index is 13.0. The highest BCUT2D eigenvalue weighted by atomic mass is 32.1. The monoisotopic (exact) mass is 468 g/mol. The van der Waals surface area contributed by atoms with Crippen molar-refractivity contribution in [2.24, 2.45) is 0 Å². The summed E-state index contributed by atoms with van der Waals surface area (Å²) in [6.07, 6.45) is 3.73. The van der Waals surface area contributed by atoms with Crippen molar-refractivity contribution in [1.29, 1.82) is 0 Å². The lowest BCUT2D eigenvalue weighted by Gasteiger charge is -2.26. The van der Waals surface area contributed by atoms with Crippen LogP contribution in [0.4, 0.5) is 5.00 Å². The Morgan fingerprint density at radius 1 is 1.18 bits per heavy atom. The number of nitrogens with one attached hydrogen (secondary N) is 2. The third-order valence-corrected chi connectivity index (χ3v) is 6.90. The number of esters is 1. The van der Waals surface area contributed by atoms with E-state index >= 15 is 0 Å². The van der Waals surface area contributed by atoms with Crippen molar-refractivity contribution in [3.05, 3.63) is 52.5 Å². The molecule has 9 heteroatoms. The SMILES string of the molecule is CCOC(=O)c1c(NC(=O)CNC2(c3noc(C)n3)CCCC2)sc(C)c1-c1ccccc1. The molecule has 1 aromatic carbocycles. The molecule has 1 aliphatic carbocycles. The molecule has 2 aromatic heterocycles. The fourth-order valence-electron chi connectivity index (χ4n) is 4.36. The van der Waals surface area contributed by atoms with Gasteiger partial charge in [0.2, 0.25) is 11.8 Å². The first-order valence-corrected chi connectivity index (χ1v) is 12.0. The van der Waals surface area contributed by atoms with Crippen LogP contribution in [0, 0.1) is 13.8 Å². The van der Waals surface area contributed by atoms with E-state index in [0.29, 0.717) is 22.3 Å². The quantitative estimate of drug-likeness (QED) is 0.466. The van der Waals surface area contributed by atoms with E-state index in [1.807, 2.05) is 37.3 Å². The summed E-state index contributed by atoms with van der Waals surface area (Å²) in [4.78, 5) is 31.1. The van der Waals surface area contributed by atoms with Crippen molar-refractivity contribution in [3.63, 3.8) is 0 Å². The summed E-state index contributed by atoms with van der Waals surface area (Å²) in [7, 11) is 0. The zero-order chi connectivity index (χ0) is 23.4. The Labute approximate surface area is 196 Å². The normalized spacial score (nSPS) is 14.9. The van der Waals surface area contributed by atoms with Crippen LogP contribution in [0.2, 0.25) is 0 Å². The molecule has 0 unspecified atom stereocenters. The molecular formula is C24H28N4O4S. The van der Waals surface area contributed by atoms with Crippen LogP contribution in [-0.2, 0) is 15.1 Å². The van der Waals surface area contributed by atoms with Crippen molar-refractivity contribution in [1.82, 2.24) is 15.5 Å². The van der Waals surface area contributed by atoms with E-state index in [-0.39, 0.29) is 19.1 Å². The Bertz CT molecular complexity index is 1130. The average molecular weight is 469 g/mol. The van der Waals surface area contributed by atoms with Gasteiger partial charge in [-0.1, -0.05) is 48.3 Å². The second-order valence-corrected chi connectivity index (χ2v) is 9.38. The molecule has 0 bridgehead atoms. The van der Waals surface area contributed by atoms with Crippen molar-refractivity contribution in [2.75, 3.05) is 18.5 Å². The molecule has 0 spiro atoms. The molecule has 1 amide bonds. The number of thiophene rings is 1. The molecule has 1 fully saturated rings. The highest BCUT2D eigenvalue weighted by Crippen LogP contribution is 2.41. The number of rotatable bonds is 8. The first kappa shape index (κ1) is 23.1. The van der Waals surface area contributed by atoms with Crippen molar-refractivity contribution < 1.29 is 18.8 Å². The molecule has 2 heterocycles. The number of aryl methyl sites for hydroxylation is 2. The Hall–Kier alpha value is -3.04. The predicted octanol–water partition coefficient (Wildman–Crippen LogP) is 4.59. The van der Waals surface area contributed by atoms with Gasteiger partial charge in [-0.3, -0.25) is 10.1 Å². The predicted molar refractivity (Wildman–Crippen MR) is 126 cm³/mol. The first-order chi connectivity index (χ1) is 15.9. The van der Waals surface area contributed by atoms with Crippen LogP contribution in [-0.4, -0.2) is 35.2 Å². The fraction of sp³-hybridized carbons (Fsp3) is 0.417. The maximum Gasteiger partial charge on any atom is 0.341 e. The van der Waals surface area contributed by atoms with Crippen LogP contribution in [0.5, 0.6) is 0 Å². The lowest BCUT2D eigenvalue weighted by atomic mass is 9.96. The van der Waals surface area contributed by atoms with E-state index in [4.69, 9.17) is 9.26 Å². The summed E-state index contributed by atoms with van der Waals surface area (Å²) < 4.78 is 10.5. The number of hydrogen-bond acceptors (Lipinski definition) is 8. The summed E-state index contributed by atoms with van der Waals surface area (Å²) in [5.74, 6) is 0.409. The van der Waals surface area contributed by atoms with E-state index in [2.05, 4.69) is 20.8 Å². The van der Waals surface area contributed by atoms with Gasteiger partial charge >= 0.3 is 5.97 Å². The minimum Gasteiger partial charge on any atom is -0.462 e. The van der Waals surface area contributed by atoms with Crippen LogP contribution >= 0.6 is 11.3 Å². The molecule has 4 rings (SSSR count). The van der Waals surface area contributed by atoms with E-state index < -0.39 is 11.5 Å². The minimum absolute atomic E-state index is 0.0630. The number of anilines is 1. The van der Waals surface area contributed by atoms with Gasteiger partial charge in [-0.25, -0.2) is 4.79 Å². The van der Waals surface area contributed by atoms with E-state index in [9.17, 15) is 9.59 Å². The minimum atomic E-state index is -0.473. The molecule has 3 aromatic rings. The van der Waals surface area contributed by atoms with Gasteiger partial charge in [-0.2, -0.15) is 4.98 Å². The Morgan fingerprint density at radius 2 is 1.91 bits per heavy atom. The van der Waals surface area contributed by atoms with Crippen LogP contribution in [0.3, 0.4) is 0 Å². The van der Waals surface area contributed by atoms with E-state index in [1.165, 1.54) is 11.3 Å². The smallest absolute Gasteiger partial charge is 0.341 e. The topological polar surface area (TPSA) is 106 Å². The number of carbonyl (C=O) groups is 2. The largest absolute Gasteiger partial charge is 0.462 e. The van der Waals surface area contributed by atoms with Crippen molar-refractivity contribution >= 4 is 28.2 Å². The molecule has 0 saturated heterocycles. The average Bonchev–Trinajstić information content (AvgIpc) is 3.52. The van der Waals surface area contributed by atoms with Crippen molar-refractivity contribution in [2.45, 2.75) is 52.0 Å². The molecule has 33 heavy (non-hydrogen) atoms. The van der Waals surface area contributed by atoms with Gasteiger partial charge in [0, 0.05) is 17.4 Å².